The molecule has 1 amide bonds. The third-order valence-corrected chi connectivity index (χ3v) is 2.77. The van der Waals surface area contributed by atoms with Crippen molar-refractivity contribution >= 4 is 16.8 Å². The minimum atomic E-state index is -0.368. The van der Waals surface area contributed by atoms with Crippen LogP contribution in [0.2, 0.25) is 0 Å². The summed E-state index contributed by atoms with van der Waals surface area (Å²) in [5, 5.41) is 4.68. The van der Waals surface area contributed by atoms with Gasteiger partial charge in [-0.3, -0.25) is 14.3 Å². The fourth-order valence-corrected chi connectivity index (χ4v) is 1.83. The summed E-state index contributed by atoms with van der Waals surface area (Å²) in [5.74, 6) is -0.368. The number of carbonyl (C=O) groups is 1. The van der Waals surface area contributed by atoms with E-state index in [4.69, 9.17) is 0 Å². The van der Waals surface area contributed by atoms with E-state index in [9.17, 15) is 9.59 Å². The second kappa shape index (κ2) is 4.60. The van der Waals surface area contributed by atoms with Gasteiger partial charge in [0.05, 0.1) is 5.52 Å². The molecule has 0 aliphatic carbocycles. The number of aromatic nitrogens is 2. The molecule has 1 heterocycles. The van der Waals surface area contributed by atoms with Gasteiger partial charge in [0.1, 0.15) is 0 Å². The van der Waals surface area contributed by atoms with E-state index in [0.717, 1.165) is 5.52 Å². The van der Waals surface area contributed by atoms with Crippen LogP contribution in [0.25, 0.3) is 10.9 Å². The van der Waals surface area contributed by atoms with Gasteiger partial charge in [-0.1, -0.05) is 12.1 Å². The van der Waals surface area contributed by atoms with Crippen molar-refractivity contribution in [3.05, 3.63) is 40.2 Å². The highest BCUT2D eigenvalue weighted by atomic mass is 16.2. The fourth-order valence-electron chi connectivity index (χ4n) is 1.83. The Labute approximate surface area is 105 Å². The number of rotatable bonds is 2. The molecule has 0 saturated carbocycles. The zero-order valence-electron chi connectivity index (χ0n) is 10.7. The lowest BCUT2D eigenvalue weighted by Gasteiger charge is -2.12. The van der Waals surface area contributed by atoms with Crippen molar-refractivity contribution in [1.29, 1.82) is 0 Å². The number of hydrogen-bond acceptors (Lipinski definition) is 3. The molecular formula is C13H15N3O2. The zero-order chi connectivity index (χ0) is 13.3. The Kier molecular flexibility index (Phi) is 3.14. The SMILES string of the molecule is CCn1nc(C(=O)N(C)C)c(=O)c2ccccc21. The van der Waals surface area contributed by atoms with E-state index in [2.05, 4.69) is 5.10 Å². The molecule has 0 aliphatic heterocycles. The van der Waals surface area contributed by atoms with Gasteiger partial charge in [-0.25, -0.2) is 0 Å². The lowest BCUT2D eigenvalue weighted by Crippen LogP contribution is -2.31. The molecule has 1 aromatic heterocycles. The van der Waals surface area contributed by atoms with Gasteiger partial charge in [-0.2, -0.15) is 5.10 Å². The maximum absolute atomic E-state index is 12.2. The average molecular weight is 245 g/mol. The van der Waals surface area contributed by atoms with Gasteiger partial charge in [0.2, 0.25) is 5.43 Å². The van der Waals surface area contributed by atoms with Crippen molar-refractivity contribution in [3.63, 3.8) is 0 Å². The van der Waals surface area contributed by atoms with E-state index >= 15 is 0 Å². The largest absolute Gasteiger partial charge is 0.343 e. The van der Waals surface area contributed by atoms with Crippen LogP contribution in [0.3, 0.4) is 0 Å². The summed E-state index contributed by atoms with van der Waals surface area (Å²) in [6.07, 6.45) is 0. The molecule has 5 heteroatoms. The first kappa shape index (κ1) is 12.3. The first-order valence-corrected chi connectivity index (χ1v) is 5.77. The third-order valence-electron chi connectivity index (χ3n) is 2.77. The second-order valence-corrected chi connectivity index (χ2v) is 4.21. The predicted molar refractivity (Wildman–Crippen MR) is 69.7 cm³/mol. The molecule has 0 spiro atoms. The topological polar surface area (TPSA) is 55.2 Å². The highest BCUT2D eigenvalue weighted by Gasteiger charge is 2.18. The summed E-state index contributed by atoms with van der Waals surface area (Å²) in [5.41, 5.74) is 0.412. The molecule has 0 N–H and O–H groups in total. The fraction of sp³-hybridized carbons (Fsp3) is 0.308. The van der Waals surface area contributed by atoms with Gasteiger partial charge < -0.3 is 4.90 Å². The minimum absolute atomic E-state index is 0.0273. The van der Waals surface area contributed by atoms with E-state index in [1.807, 2.05) is 19.1 Å². The third kappa shape index (κ3) is 1.88. The smallest absolute Gasteiger partial charge is 0.277 e. The summed E-state index contributed by atoms with van der Waals surface area (Å²) in [7, 11) is 3.21. The maximum atomic E-state index is 12.2. The summed E-state index contributed by atoms with van der Waals surface area (Å²) < 4.78 is 1.67. The van der Waals surface area contributed by atoms with Crippen LogP contribution in [-0.4, -0.2) is 34.7 Å². The van der Waals surface area contributed by atoms with Gasteiger partial charge in [0.25, 0.3) is 5.91 Å². The normalized spacial score (nSPS) is 10.6. The van der Waals surface area contributed by atoms with Crippen molar-refractivity contribution in [3.8, 4) is 0 Å². The number of aryl methyl sites for hydroxylation is 1. The Morgan fingerprint density at radius 3 is 2.61 bits per heavy atom. The van der Waals surface area contributed by atoms with Crippen molar-refractivity contribution in [1.82, 2.24) is 14.7 Å². The lowest BCUT2D eigenvalue weighted by molar-refractivity contribution is 0.0818. The zero-order valence-corrected chi connectivity index (χ0v) is 10.7. The highest BCUT2D eigenvalue weighted by Crippen LogP contribution is 2.09. The van der Waals surface area contributed by atoms with Crippen molar-refractivity contribution < 1.29 is 4.79 Å². The molecule has 0 aliphatic rings. The van der Waals surface area contributed by atoms with E-state index in [0.29, 0.717) is 11.9 Å². The Hall–Kier alpha value is -2.17. The Balaban J connectivity index is 2.81. The number of para-hydroxylation sites is 1. The molecule has 0 unspecified atom stereocenters. The summed E-state index contributed by atoms with van der Waals surface area (Å²) in [4.78, 5) is 25.5. The minimum Gasteiger partial charge on any atom is -0.343 e. The second-order valence-electron chi connectivity index (χ2n) is 4.21. The summed E-state index contributed by atoms with van der Waals surface area (Å²) in [6, 6.07) is 7.19. The summed E-state index contributed by atoms with van der Waals surface area (Å²) in [6.45, 7) is 2.53. The number of amides is 1. The van der Waals surface area contributed by atoms with Crippen LogP contribution in [-0.2, 0) is 6.54 Å². The van der Waals surface area contributed by atoms with Gasteiger partial charge >= 0.3 is 0 Å². The molecule has 1 aromatic carbocycles. The van der Waals surface area contributed by atoms with Gasteiger partial charge in [-0.05, 0) is 19.1 Å². The quantitative estimate of drug-likeness (QED) is 0.796. The van der Waals surface area contributed by atoms with Crippen LogP contribution in [0, 0.1) is 0 Å². The summed E-state index contributed by atoms with van der Waals surface area (Å²) >= 11 is 0. The standard InChI is InChI=1S/C13H15N3O2/c1-4-16-10-8-6-5-7-9(10)12(17)11(14-16)13(18)15(2)3/h5-8H,4H2,1-3H3. The van der Waals surface area contributed by atoms with E-state index < -0.39 is 0 Å². The van der Waals surface area contributed by atoms with Crippen LogP contribution in [0.1, 0.15) is 17.4 Å². The molecule has 5 nitrogen and oxygen atoms in total. The molecule has 2 aromatic rings. The number of nitrogens with zero attached hydrogens (tertiary/aromatic N) is 3. The molecule has 0 radical (unpaired) electrons. The molecule has 94 valence electrons. The van der Waals surface area contributed by atoms with E-state index in [1.165, 1.54) is 4.90 Å². The molecule has 0 bridgehead atoms. The van der Waals surface area contributed by atoms with Crippen molar-refractivity contribution in [2.75, 3.05) is 14.1 Å². The van der Waals surface area contributed by atoms with Gasteiger partial charge in [-0.15, -0.1) is 0 Å². The predicted octanol–water partition coefficient (Wildman–Crippen LogP) is 1.12. The molecular weight excluding hydrogens is 230 g/mol. The number of hydrogen-bond donors (Lipinski definition) is 0. The average Bonchev–Trinajstić information content (AvgIpc) is 2.38. The monoisotopic (exact) mass is 245 g/mol. The van der Waals surface area contributed by atoms with E-state index in [1.54, 1.807) is 30.9 Å². The van der Waals surface area contributed by atoms with Crippen molar-refractivity contribution in [2.24, 2.45) is 0 Å². The van der Waals surface area contributed by atoms with Crippen LogP contribution < -0.4 is 5.43 Å². The highest BCUT2D eigenvalue weighted by molar-refractivity contribution is 5.95. The molecule has 0 saturated heterocycles. The van der Waals surface area contributed by atoms with Crippen molar-refractivity contribution in [2.45, 2.75) is 13.5 Å². The lowest BCUT2D eigenvalue weighted by atomic mass is 10.2. The number of carbonyl (C=O) groups excluding carboxylic acids is 1. The first-order valence-electron chi connectivity index (χ1n) is 5.77. The number of benzene rings is 1. The van der Waals surface area contributed by atoms with E-state index in [-0.39, 0.29) is 17.0 Å². The van der Waals surface area contributed by atoms with Gasteiger partial charge in [0.15, 0.2) is 5.69 Å². The molecule has 0 fully saturated rings. The molecule has 2 rings (SSSR count). The number of fused-ring (bicyclic) bond motifs is 1. The maximum Gasteiger partial charge on any atom is 0.277 e. The van der Waals surface area contributed by atoms with Crippen LogP contribution >= 0.6 is 0 Å². The van der Waals surface area contributed by atoms with Gasteiger partial charge in [0, 0.05) is 26.0 Å². The van der Waals surface area contributed by atoms with Crippen LogP contribution in [0.15, 0.2) is 29.1 Å². The molecule has 0 atom stereocenters. The van der Waals surface area contributed by atoms with Crippen LogP contribution in [0.4, 0.5) is 0 Å². The first-order chi connectivity index (χ1) is 8.56. The Morgan fingerprint density at radius 1 is 1.33 bits per heavy atom. The van der Waals surface area contributed by atoms with Crippen LogP contribution in [0.5, 0.6) is 0 Å². The molecule has 18 heavy (non-hydrogen) atoms. The Morgan fingerprint density at radius 2 is 2.00 bits per heavy atom. The Bertz CT molecular complexity index is 659.